The number of carbonyl (C=O) groups is 1. The van der Waals surface area contributed by atoms with Crippen LogP contribution in [0.2, 0.25) is 0 Å². The summed E-state index contributed by atoms with van der Waals surface area (Å²) in [6.07, 6.45) is 4.90. The number of aliphatic carboxylic acids is 1. The number of carboxylic acids is 1. The highest BCUT2D eigenvalue weighted by Gasteiger charge is 2.24. The molecule has 0 amide bonds. The first-order chi connectivity index (χ1) is 6.08. The summed E-state index contributed by atoms with van der Waals surface area (Å²) in [4.78, 5) is 10.3. The van der Waals surface area contributed by atoms with E-state index >= 15 is 0 Å². The fourth-order valence-electron chi connectivity index (χ4n) is 1.84. The maximum Gasteiger partial charge on any atom is 0.304 e. The Morgan fingerprint density at radius 1 is 1.62 bits per heavy atom. The Hall–Kier alpha value is -0.570. The zero-order chi connectivity index (χ0) is 9.84. The van der Waals surface area contributed by atoms with Crippen molar-refractivity contribution in [1.82, 2.24) is 0 Å². The van der Waals surface area contributed by atoms with Gasteiger partial charge >= 0.3 is 5.97 Å². The van der Waals surface area contributed by atoms with Gasteiger partial charge in [0, 0.05) is 6.04 Å². The fourth-order valence-corrected chi connectivity index (χ4v) is 1.84. The van der Waals surface area contributed by atoms with E-state index in [0.717, 1.165) is 12.3 Å². The van der Waals surface area contributed by atoms with E-state index < -0.39 is 5.97 Å². The molecule has 0 radical (unpaired) electrons. The van der Waals surface area contributed by atoms with E-state index in [1.165, 1.54) is 19.3 Å². The van der Waals surface area contributed by atoms with Gasteiger partial charge < -0.3 is 10.8 Å². The molecule has 2 atom stereocenters. The number of hydrogen-bond donors (Lipinski definition) is 2. The van der Waals surface area contributed by atoms with Crippen molar-refractivity contribution in [3.63, 3.8) is 0 Å². The van der Waals surface area contributed by atoms with Crippen LogP contribution in [0.5, 0.6) is 0 Å². The Balaban J connectivity index is 2.09. The van der Waals surface area contributed by atoms with Crippen LogP contribution in [0.4, 0.5) is 0 Å². The standard InChI is InChI=1S/C10H19NO2/c1-7(4-8-2-3-8)5-9(11)6-10(12)13/h7-9H,2-6,11H2,1H3,(H,12,13)/t7-,9-/m0/s1. The molecule has 1 aliphatic rings. The van der Waals surface area contributed by atoms with Crippen LogP contribution in [0, 0.1) is 11.8 Å². The highest BCUT2D eigenvalue weighted by Crippen LogP contribution is 2.36. The Labute approximate surface area is 79.3 Å². The van der Waals surface area contributed by atoms with Crippen molar-refractivity contribution in [1.29, 1.82) is 0 Å². The zero-order valence-electron chi connectivity index (χ0n) is 8.20. The lowest BCUT2D eigenvalue weighted by atomic mass is 9.95. The number of rotatable bonds is 6. The molecule has 0 aromatic heterocycles. The van der Waals surface area contributed by atoms with Crippen molar-refractivity contribution in [3.8, 4) is 0 Å². The van der Waals surface area contributed by atoms with Gasteiger partial charge in [-0.05, 0) is 24.7 Å². The molecule has 3 N–H and O–H groups in total. The molecule has 3 nitrogen and oxygen atoms in total. The van der Waals surface area contributed by atoms with E-state index in [0.29, 0.717) is 5.92 Å². The van der Waals surface area contributed by atoms with E-state index in [1.807, 2.05) is 0 Å². The predicted octanol–water partition coefficient (Wildman–Crippen LogP) is 1.61. The molecule has 0 saturated heterocycles. The molecule has 1 rings (SSSR count). The fraction of sp³-hybridized carbons (Fsp3) is 0.900. The second-order valence-electron chi connectivity index (χ2n) is 4.38. The second-order valence-corrected chi connectivity index (χ2v) is 4.38. The molecule has 0 spiro atoms. The van der Waals surface area contributed by atoms with Crippen molar-refractivity contribution in [2.24, 2.45) is 17.6 Å². The summed E-state index contributed by atoms with van der Waals surface area (Å²) in [6, 6.07) is -0.161. The van der Waals surface area contributed by atoms with Gasteiger partial charge in [-0.2, -0.15) is 0 Å². The molecule has 3 heteroatoms. The molecular weight excluding hydrogens is 166 g/mol. The third kappa shape index (κ3) is 4.88. The molecule has 0 unspecified atom stereocenters. The van der Waals surface area contributed by atoms with Crippen molar-refractivity contribution < 1.29 is 9.90 Å². The van der Waals surface area contributed by atoms with Crippen LogP contribution < -0.4 is 5.73 Å². The molecule has 76 valence electrons. The number of hydrogen-bond acceptors (Lipinski definition) is 2. The highest BCUT2D eigenvalue weighted by atomic mass is 16.4. The van der Waals surface area contributed by atoms with E-state index in [2.05, 4.69) is 6.92 Å². The van der Waals surface area contributed by atoms with Gasteiger partial charge in [-0.1, -0.05) is 19.8 Å². The van der Waals surface area contributed by atoms with E-state index in [4.69, 9.17) is 10.8 Å². The van der Waals surface area contributed by atoms with Gasteiger partial charge in [0.1, 0.15) is 0 Å². The molecular formula is C10H19NO2. The molecule has 0 aliphatic heterocycles. The van der Waals surface area contributed by atoms with Gasteiger partial charge in [-0.15, -0.1) is 0 Å². The van der Waals surface area contributed by atoms with Gasteiger partial charge in [0.05, 0.1) is 6.42 Å². The quantitative estimate of drug-likeness (QED) is 0.661. The maximum absolute atomic E-state index is 10.3. The lowest BCUT2D eigenvalue weighted by Gasteiger charge is -2.15. The van der Waals surface area contributed by atoms with E-state index in [9.17, 15) is 4.79 Å². The minimum absolute atomic E-state index is 0.106. The van der Waals surface area contributed by atoms with Crippen LogP contribution in [0.25, 0.3) is 0 Å². The molecule has 0 aromatic rings. The lowest BCUT2D eigenvalue weighted by Crippen LogP contribution is -2.26. The Kier molecular flexibility index (Phi) is 3.72. The zero-order valence-corrected chi connectivity index (χ0v) is 8.20. The van der Waals surface area contributed by atoms with E-state index in [1.54, 1.807) is 0 Å². The molecule has 0 aromatic carbocycles. The van der Waals surface area contributed by atoms with Crippen molar-refractivity contribution >= 4 is 5.97 Å². The summed E-state index contributed by atoms with van der Waals surface area (Å²) in [6.45, 7) is 2.17. The summed E-state index contributed by atoms with van der Waals surface area (Å²) in [7, 11) is 0. The summed E-state index contributed by atoms with van der Waals surface area (Å²) < 4.78 is 0. The van der Waals surface area contributed by atoms with Crippen molar-refractivity contribution in [2.75, 3.05) is 0 Å². The molecule has 1 aliphatic carbocycles. The molecule has 13 heavy (non-hydrogen) atoms. The Morgan fingerprint density at radius 2 is 2.23 bits per heavy atom. The normalized spacial score (nSPS) is 21.1. The molecule has 1 saturated carbocycles. The maximum atomic E-state index is 10.3. The first kappa shape index (κ1) is 10.5. The molecule has 1 fully saturated rings. The average Bonchev–Trinajstić information content (AvgIpc) is 2.67. The largest absolute Gasteiger partial charge is 0.481 e. The van der Waals surface area contributed by atoms with Gasteiger partial charge in [-0.25, -0.2) is 0 Å². The molecule has 0 bridgehead atoms. The number of carboxylic acid groups (broad SMARTS) is 1. The summed E-state index contributed by atoms with van der Waals surface area (Å²) in [5.41, 5.74) is 5.69. The summed E-state index contributed by atoms with van der Waals surface area (Å²) >= 11 is 0. The first-order valence-corrected chi connectivity index (χ1v) is 5.05. The van der Waals surface area contributed by atoms with Gasteiger partial charge in [0.15, 0.2) is 0 Å². The average molecular weight is 185 g/mol. The monoisotopic (exact) mass is 185 g/mol. The van der Waals surface area contributed by atoms with Crippen LogP contribution in [0.15, 0.2) is 0 Å². The van der Waals surface area contributed by atoms with Crippen LogP contribution in [-0.4, -0.2) is 17.1 Å². The van der Waals surface area contributed by atoms with Gasteiger partial charge in [0.25, 0.3) is 0 Å². The minimum Gasteiger partial charge on any atom is -0.481 e. The first-order valence-electron chi connectivity index (χ1n) is 5.05. The van der Waals surface area contributed by atoms with Gasteiger partial charge in [0.2, 0.25) is 0 Å². The Morgan fingerprint density at radius 3 is 2.69 bits per heavy atom. The van der Waals surface area contributed by atoms with Crippen molar-refractivity contribution in [2.45, 2.75) is 45.1 Å². The van der Waals surface area contributed by atoms with Gasteiger partial charge in [-0.3, -0.25) is 4.79 Å². The van der Waals surface area contributed by atoms with Crippen molar-refractivity contribution in [3.05, 3.63) is 0 Å². The minimum atomic E-state index is -0.786. The SMILES string of the molecule is C[C@@H](CC1CC1)C[C@H](N)CC(=O)O. The smallest absolute Gasteiger partial charge is 0.304 e. The van der Waals surface area contributed by atoms with Crippen LogP contribution in [0.1, 0.15) is 39.0 Å². The lowest BCUT2D eigenvalue weighted by molar-refractivity contribution is -0.137. The predicted molar refractivity (Wildman–Crippen MR) is 51.4 cm³/mol. The van der Waals surface area contributed by atoms with Crippen LogP contribution in [-0.2, 0) is 4.79 Å². The van der Waals surface area contributed by atoms with E-state index in [-0.39, 0.29) is 12.5 Å². The third-order valence-electron chi connectivity index (χ3n) is 2.57. The highest BCUT2D eigenvalue weighted by molar-refractivity contribution is 5.67. The Bertz CT molecular complexity index is 178. The summed E-state index contributed by atoms with van der Waals surface area (Å²) in [5, 5.41) is 8.51. The van der Waals surface area contributed by atoms with Crippen LogP contribution in [0.3, 0.4) is 0 Å². The van der Waals surface area contributed by atoms with Crippen LogP contribution >= 0.6 is 0 Å². The molecule has 0 heterocycles. The third-order valence-corrected chi connectivity index (χ3v) is 2.57. The summed E-state index contributed by atoms with van der Waals surface area (Å²) in [5.74, 6) is 0.708. The second kappa shape index (κ2) is 4.61. The number of nitrogens with two attached hydrogens (primary N) is 1. The topological polar surface area (TPSA) is 63.3 Å².